The Balaban J connectivity index is 1.85. The Morgan fingerprint density at radius 2 is 2.33 bits per heavy atom. The molecule has 2 aliphatic rings. The number of rotatable bonds is 1. The van der Waals surface area contributed by atoms with Crippen LogP contribution >= 0.6 is 11.3 Å². The molecule has 0 spiro atoms. The molecule has 3 heterocycles. The smallest absolute Gasteiger partial charge is 0.282 e. The number of fused-ring (bicyclic) bond motifs is 1. The first-order valence-corrected chi connectivity index (χ1v) is 6.17. The molecule has 2 amide bonds. The van der Waals surface area contributed by atoms with Gasteiger partial charge in [-0.2, -0.15) is 0 Å². The summed E-state index contributed by atoms with van der Waals surface area (Å²) in [6, 6.07) is 0. The number of imide groups is 1. The number of carbonyl (C=O) groups is 2. The lowest BCUT2D eigenvalue weighted by molar-refractivity contribution is -0.208. The van der Waals surface area contributed by atoms with Crippen LogP contribution in [0.15, 0.2) is 5.38 Å². The van der Waals surface area contributed by atoms with Crippen molar-refractivity contribution in [2.45, 2.75) is 25.2 Å². The molecule has 1 fully saturated rings. The van der Waals surface area contributed by atoms with Gasteiger partial charge in [0, 0.05) is 18.2 Å². The average Bonchev–Trinajstić information content (AvgIpc) is 2.88. The highest BCUT2D eigenvalue weighted by atomic mass is 32.1. The standard InChI is InChI=1S/C10H9FN2O4S/c11-10(2-1-7(14)12-9(10)16)13-3-5-6(17-13)4-18-8(5)15/h4,15H,1-3H2,(H,12,14,16). The number of piperidine rings is 1. The molecule has 1 aromatic heterocycles. The van der Waals surface area contributed by atoms with Crippen LogP contribution in [0.3, 0.4) is 0 Å². The minimum absolute atomic E-state index is 0.0250. The predicted octanol–water partition coefficient (Wildman–Crippen LogP) is 0.666. The molecular weight excluding hydrogens is 263 g/mol. The van der Waals surface area contributed by atoms with E-state index >= 15 is 0 Å². The fourth-order valence-corrected chi connectivity index (χ4v) is 2.70. The van der Waals surface area contributed by atoms with Gasteiger partial charge in [0.2, 0.25) is 5.91 Å². The minimum Gasteiger partial charge on any atom is -0.499 e. The zero-order valence-electron chi connectivity index (χ0n) is 9.10. The number of nitrogens with one attached hydrogen (secondary N) is 1. The molecule has 0 bridgehead atoms. The van der Waals surface area contributed by atoms with Crippen molar-refractivity contribution in [2.75, 3.05) is 0 Å². The summed E-state index contributed by atoms with van der Waals surface area (Å²) in [6.07, 6.45) is -0.340. The van der Waals surface area contributed by atoms with Gasteiger partial charge in [-0.25, -0.2) is 4.39 Å². The highest BCUT2D eigenvalue weighted by molar-refractivity contribution is 7.12. The maximum absolute atomic E-state index is 14.6. The van der Waals surface area contributed by atoms with Crippen LogP contribution in [-0.4, -0.2) is 27.8 Å². The Hall–Kier alpha value is -1.67. The van der Waals surface area contributed by atoms with Crippen LogP contribution in [0.25, 0.3) is 0 Å². The fourth-order valence-electron chi connectivity index (χ4n) is 1.99. The topological polar surface area (TPSA) is 78.9 Å². The number of hydrogen-bond donors (Lipinski definition) is 2. The summed E-state index contributed by atoms with van der Waals surface area (Å²) in [5.41, 5.74) is 0.460. The Kier molecular flexibility index (Phi) is 2.32. The first-order valence-electron chi connectivity index (χ1n) is 5.29. The maximum atomic E-state index is 14.6. The molecule has 0 aromatic carbocycles. The van der Waals surface area contributed by atoms with Gasteiger partial charge in [-0.3, -0.25) is 14.9 Å². The van der Waals surface area contributed by atoms with Gasteiger partial charge in [-0.05, 0) is 0 Å². The van der Waals surface area contributed by atoms with Crippen LogP contribution in [0.1, 0.15) is 18.4 Å². The average molecular weight is 272 g/mol. The highest BCUT2D eigenvalue weighted by Gasteiger charge is 2.52. The van der Waals surface area contributed by atoms with Crippen molar-refractivity contribution in [3.05, 3.63) is 10.9 Å². The van der Waals surface area contributed by atoms with E-state index in [1.54, 1.807) is 5.38 Å². The monoisotopic (exact) mass is 272 g/mol. The van der Waals surface area contributed by atoms with E-state index in [0.29, 0.717) is 11.3 Å². The molecular formula is C10H9FN2O4S. The molecule has 0 saturated carbocycles. The van der Waals surface area contributed by atoms with Crippen molar-refractivity contribution in [1.29, 1.82) is 0 Å². The molecule has 18 heavy (non-hydrogen) atoms. The van der Waals surface area contributed by atoms with Gasteiger partial charge in [0.25, 0.3) is 11.7 Å². The molecule has 1 aromatic rings. The van der Waals surface area contributed by atoms with Crippen molar-refractivity contribution in [3.63, 3.8) is 0 Å². The zero-order valence-corrected chi connectivity index (χ0v) is 9.92. The molecule has 2 aliphatic heterocycles. The summed E-state index contributed by atoms with van der Waals surface area (Å²) in [7, 11) is 0. The molecule has 0 radical (unpaired) electrons. The van der Waals surface area contributed by atoms with E-state index in [9.17, 15) is 19.1 Å². The third-order valence-corrected chi connectivity index (χ3v) is 3.82. The highest BCUT2D eigenvalue weighted by Crippen LogP contribution is 2.44. The van der Waals surface area contributed by atoms with Crippen LogP contribution in [0.5, 0.6) is 10.8 Å². The van der Waals surface area contributed by atoms with Crippen molar-refractivity contribution in [3.8, 4) is 10.8 Å². The van der Waals surface area contributed by atoms with E-state index in [1.807, 2.05) is 5.32 Å². The van der Waals surface area contributed by atoms with E-state index in [0.717, 1.165) is 16.4 Å². The molecule has 8 heteroatoms. The zero-order chi connectivity index (χ0) is 12.9. The predicted molar refractivity (Wildman–Crippen MR) is 58.4 cm³/mol. The molecule has 96 valence electrons. The first-order chi connectivity index (χ1) is 8.50. The normalized spacial score (nSPS) is 27.8. The number of halogens is 1. The lowest BCUT2D eigenvalue weighted by Crippen LogP contribution is -2.60. The van der Waals surface area contributed by atoms with Gasteiger partial charge in [0.1, 0.15) is 0 Å². The van der Waals surface area contributed by atoms with Crippen molar-refractivity contribution in [2.24, 2.45) is 0 Å². The molecule has 6 nitrogen and oxygen atoms in total. The molecule has 0 aliphatic carbocycles. The molecule has 1 unspecified atom stereocenters. The molecule has 1 saturated heterocycles. The number of thiophene rings is 1. The quantitative estimate of drug-likeness (QED) is 0.580. The summed E-state index contributed by atoms with van der Waals surface area (Å²) in [6.45, 7) is -0.0250. The number of carbonyl (C=O) groups excluding carboxylic acids is 2. The Labute approximate surface area is 105 Å². The van der Waals surface area contributed by atoms with Crippen molar-refractivity contribution in [1.82, 2.24) is 10.4 Å². The first kappa shape index (κ1) is 11.4. The number of hydrogen-bond acceptors (Lipinski definition) is 6. The van der Waals surface area contributed by atoms with E-state index in [4.69, 9.17) is 4.84 Å². The second kappa shape index (κ2) is 3.66. The summed E-state index contributed by atoms with van der Waals surface area (Å²) in [5.74, 6) is -3.55. The van der Waals surface area contributed by atoms with E-state index in [2.05, 4.69) is 0 Å². The summed E-state index contributed by atoms with van der Waals surface area (Å²) in [5, 5.41) is 13.9. The summed E-state index contributed by atoms with van der Waals surface area (Å²) < 4.78 is 14.6. The Morgan fingerprint density at radius 3 is 3.00 bits per heavy atom. The maximum Gasteiger partial charge on any atom is 0.282 e. The largest absolute Gasteiger partial charge is 0.499 e. The van der Waals surface area contributed by atoms with Gasteiger partial charge in [0.15, 0.2) is 10.8 Å². The number of amides is 2. The summed E-state index contributed by atoms with van der Waals surface area (Å²) in [4.78, 5) is 27.8. The van der Waals surface area contributed by atoms with Crippen molar-refractivity contribution >= 4 is 23.2 Å². The molecule has 3 rings (SSSR count). The van der Waals surface area contributed by atoms with E-state index in [-0.39, 0.29) is 24.4 Å². The van der Waals surface area contributed by atoms with E-state index in [1.165, 1.54) is 0 Å². The van der Waals surface area contributed by atoms with Crippen LogP contribution in [0.4, 0.5) is 4.39 Å². The van der Waals surface area contributed by atoms with Gasteiger partial charge in [-0.1, -0.05) is 5.06 Å². The van der Waals surface area contributed by atoms with Gasteiger partial charge < -0.3 is 9.94 Å². The fraction of sp³-hybridized carbons (Fsp3) is 0.400. The van der Waals surface area contributed by atoms with Gasteiger partial charge >= 0.3 is 0 Å². The second-order valence-corrected chi connectivity index (χ2v) is 5.01. The molecule has 2 N–H and O–H groups in total. The van der Waals surface area contributed by atoms with Crippen LogP contribution in [0, 0.1) is 0 Å². The lowest BCUT2D eigenvalue weighted by atomic mass is 10.0. The van der Waals surface area contributed by atoms with Gasteiger partial charge in [0.05, 0.1) is 12.1 Å². The minimum atomic E-state index is -2.38. The number of nitrogens with zero attached hydrogens (tertiary/aromatic N) is 1. The van der Waals surface area contributed by atoms with E-state index < -0.39 is 17.6 Å². The van der Waals surface area contributed by atoms with Gasteiger partial charge in [-0.15, -0.1) is 11.3 Å². The van der Waals surface area contributed by atoms with Crippen LogP contribution in [0.2, 0.25) is 0 Å². The van der Waals surface area contributed by atoms with Crippen LogP contribution < -0.4 is 10.2 Å². The lowest BCUT2D eigenvalue weighted by Gasteiger charge is -2.33. The summed E-state index contributed by atoms with van der Waals surface area (Å²) >= 11 is 1.08. The Bertz CT molecular complexity index is 546. The molecule has 1 atom stereocenters. The number of hydroxylamine groups is 2. The second-order valence-electron chi connectivity index (χ2n) is 4.15. The Morgan fingerprint density at radius 1 is 1.56 bits per heavy atom. The number of aromatic hydroxyl groups is 1. The number of alkyl halides is 1. The SMILES string of the molecule is O=C1CCC(F)(N2Cc3c(csc3O)O2)C(=O)N1. The third kappa shape index (κ3) is 1.49. The van der Waals surface area contributed by atoms with Crippen molar-refractivity contribution < 1.29 is 23.9 Å². The third-order valence-electron chi connectivity index (χ3n) is 3.02. The van der Waals surface area contributed by atoms with Crippen LogP contribution in [-0.2, 0) is 16.1 Å².